The molecule has 3 N–H and O–H groups in total. The van der Waals surface area contributed by atoms with E-state index in [1.165, 1.54) is 17.7 Å². The van der Waals surface area contributed by atoms with Crippen molar-refractivity contribution in [2.45, 2.75) is 60.3 Å². The number of primary amides is 1. The average molecular weight is 325 g/mol. The van der Waals surface area contributed by atoms with Crippen LogP contribution < -0.4 is 11.1 Å². The van der Waals surface area contributed by atoms with Crippen LogP contribution in [0.1, 0.15) is 38.5 Å². The molecule has 2 aliphatic rings. The number of nitrogens with one attached hydrogen (secondary N) is 1. The van der Waals surface area contributed by atoms with Crippen LogP contribution in [0, 0.1) is 0 Å². The van der Waals surface area contributed by atoms with Crippen LogP contribution >= 0.6 is 23.4 Å². The number of hydrogen-bond acceptors (Lipinski definition) is 3. The van der Waals surface area contributed by atoms with Crippen molar-refractivity contribution in [1.29, 1.82) is 0 Å². The zero-order valence-corrected chi connectivity index (χ0v) is 13.6. The summed E-state index contributed by atoms with van der Waals surface area (Å²) in [6.07, 6.45) is 6.18. The van der Waals surface area contributed by atoms with E-state index in [-0.39, 0.29) is 5.91 Å². The van der Waals surface area contributed by atoms with Gasteiger partial charge in [0, 0.05) is 21.2 Å². The lowest BCUT2D eigenvalue weighted by Gasteiger charge is -2.39. The summed E-state index contributed by atoms with van der Waals surface area (Å²) in [7, 11) is 0. The second-order valence-corrected chi connectivity index (χ2v) is 7.97. The topological polar surface area (TPSA) is 55.1 Å². The van der Waals surface area contributed by atoms with E-state index in [1.54, 1.807) is 0 Å². The number of thioether (sulfide) groups is 1. The van der Waals surface area contributed by atoms with Crippen LogP contribution in [0.15, 0.2) is 29.2 Å². The lowest BCUT2D eigenvalue weighted by Crippen LogP contribution is -2.59. The first-order valence-corrected chi connectivity index (χ1v) is 8.83. The predicted molar refractivity (Wildman–Crippen MR) is 87.6 cm³/mol. The van der Waals surface area contributed by atoms with Crippen molar-refractivity contribution in [1.82, 2.24) is 5.32 Å². The molecule has 2 aliphatic carbocycles. The first-order chi connectivity index (χ1) is 10.1. The molecule has 5 heteroatoms. The molecule has 3 nitrogen and oxygen atoms in total. The van der Waals surface area contributed by atoms with Crippen LogP contribution in [-0.4, -0.2) is 22.7 Å². The molecule has 0 saturated heterocycles. The fourth-order valence-corrected chi connectivity index (χ4v) is 4.75. The largest absolute Gasteiger partial charge is 0.368 e. The van der Waals surface area contributed by atoms with E-state index in [4.69, 9.17) is 17.3 Å². The minimum Gasteiger partial charge on any atom is -0.368 e. The van der Waals surface area contributed by atoms with Crippen LogP contribution in [-0.2, 0) is 4.79 Å². The van der Waals surface area contributed by atoms with Crippen molar-refractivity contribution in [2.24, 2.45) is 5.73 Å². The van der Waals surface area contributed by atoms with E-state index in [1.807, 2.05) is 30.0 Å². The van der Waals surface area contributed by atoms with Crippen molar-refractivity contribution in [3.8, 4) is 0 Å². The molecule has 0 radical (unpaired) electrons. The number of amides is 1. The molecular formula is C16H21ClN2OS. The van der Waals surface area contributed by atoms with Crippen molar-refractivity contribution < 1.29 is 4.79 Å². The number of halogens is 1. The van der Waals surface area contributed by atoms with E-state index in [0.29, 0.717) is 11.3 Å². The Balaban J connectivity index is 1.70. The smallest absolute Gasteiger partial charge is 0.237 e. The lowest BCUT2D eigenvalue weighted by atomic mass is 9.80. The fraction of sp³-hybridized carbons (Fsp3) is 0.562. The summed E-state index contributed by atoms with van der Waals surface area (Å²) in [5.41, 5.74) is 5.22. The number of carbonyl (C=O) groups excluding carboxylic acids is 1. The summed E-state index contributed by atoms with van der Waals surface area (Å²) in [5.74, 6) is -0.189. The molecule has 0 aliphatic heterocycles. The molecule has 0 aromatic heterocycles. The van der Waals surface area contributed by atoms with Gasteiger partial charge in [0.05, 0.1) is 5.54 Å². The van der Waals surface area contributed by atoms with Gasteiger partial charge in [0.1, 0.15) is 0 Å². The lowest BCUT2D eigenvalue weighted by molar-refractivity contribution is -0.125. The van der Waals surface area contributed by atoms with Crippen LogP contribution in [0.25, 0.3) is 0 Å². The van der Waals surface area contributed by atoms with Crippen LogP contribution in [0.5, 0.6) is 0 Å². The molecule has 3 rings (SSSR count). The van der Waals surface area contributed by atoms with Gasteiger partial charge in [0.15, 0.2) is 0 Å². The van der Waals surface area contributed by atoms with E-state index in [0.717, 1.165) is 30.7 Å². The van der Waals surface area contributed by atoms with Crippen LogP contribution in [0.3, 0.4) is 0 Å². The molecule has 2 saturated carbocycles. The molecule has 1 aromatic carbocycles. The van der Waals surface area contributed by atoms with Crippen LogP contribution in [0.2, 0.25) is 5.02 Å². The van der Waals surface area contributed by atoms with E-state index in [9.17, 15) is 4.79 Å². The molecule has 2 atom stereocenters. The molecule has 0 heterocycles. The van der Waals surface area contributed by atoms with Gasteiger partial charge in [0.2, 0.25) is 5.91 Å². The van der Waals surface area contributed by atoms with Gasteiger partial charge in [-0.2, -0.15) is 0 Å². The van der Waals surface area contributed by atoms with Gasteiger partial charge < -0.3 is 11.1 Å². The van der Waals surface area contributed by atoms with E-state index < -0.39 is 5.54 Å². The maximum absolute atomic E-state index is 12.0. The highest BCUT2D eigenvalue weighted by atomic mass is 35.5. The molecule has 1 aromatic rings. The Bertz CT molecular complexity index is 535. The van der Waals surface area contributed by atoms with Crippen molar-refractivity contribution in [2.75, 3.05) is 0 Å². The monoisotopic (exact) mass is 324 g/mol. The second kappa shape index (κ2) is 6.19. The summed E-state index contributed by atoms with van der Waals surface area (Å²) >= 11 is 7.86. The zero-order chi connectivity index (χ0) is 14.9. The van der Waals surface area contributed by atoms with Gasteiger partial charge in [0.25, 0.3) is 0 Å². The third-order valence-electron chi connectivity index (χ3n) is 4.33. The number of hydrogen-bond donors (Lipinski definition) is 2. The molecule has 2 unspecified atom stereocenters. The number of nitrogens with two attached hydrogens (primary N) is 1. The third-order valence-corrected chi connectivity index (χ3v) is 5.83. The Kier molecular flexibility index (Phi) is 4.48. The van der Waals surface area contributed by atoms with Crippen LogP contribution in [0.4, 0.5) is 0 Å². The Labute approximate surface area is 135 Å². The van der Waals surface area contributed by atoms with Gasteiger partial charge in [-0.3, -0.25) is 4.79 Å². The Hall–Kier alpha value is -0.710. The summed E-state index contributed by atoms with van der Waals surface area (Å²) < 4.78 is 0. The summed E-state index contributed by atoms with van der Waals surface area (Å²) in [6.45, 7) is 0. The first-order valence-electron chi connectivity index (χ1n) is 7.57. The normalized spacial score (nSPS) is 29.3. The number of rotatable bonds is 5. The van der Waals surface area contributed by atoms with Gasteiger partial charge >= 0.3 is 0 Å². The number of benzene rings is 1. The second-order valence-electron chi connectivity index (χ2n) is 6.16. The first kappa shape index (κ1) is 15.2. The van der Waals surface area contributed by atoms with Gasteiger partial charge in [-0.15, -0.1) is 11.8 Å². The zero-order valence-electron chi connectivity index (χ0n) is 12.0. The highest BCUT2D eigenvalue weighted by molar-refractivity contribution is 8.00. The molecule has 2 fully saturated rings. The molecule has 0 spiro atoms. The Morgan fingerprint density at radius 1 is 1.38 bits per heavy atom. The Morgan fingerprint density at radius 3 is 2.86 bits per heavy atom. The average Bonchev–Trinajstić information content (AvgIpc) is 3.23. The quantitative estimate of drug-likeness (QED) is 0.873. The molecule has 0 bridgehead atoms. The van der Waals surface area contributed by atoms with E-state index >= 15 is 0 Å². The van der Waals surface area contributed by atoms with Gasteiger partial charge in [-0.25, -0.2) is 0 Å². The summed E-state index contributed by atoms with van der Waals surface area (Å²) in [4.78, 5) is 13.2. The third kappa shape index (κ3) is 3.74. The molecular weight excluding hydrogens is 304 g/mol. The van der Waals surface area contributed by atoms with Crippen molar-refractivity contribution in [3.05, 3.63) is 29.3 Å². The predicted octanol–water partition coefficient (Wildman–Crippen LogP) is 3.35. The van der Waals surface area contributed by atoms with Gasteiger partial charge in [-0.1, -0.05) is 17.7 Å². The minimum atomic E-state index is -0.504. The number of carbonyl (C=O) groups is 1. The standard InChI is InChI=1S/C16H21ClN2OS/c17-11-3-1-4-13(9-11)21-14-5-2-8-16(10-14,15(18)20)19-12-6-7-12/h1,3-4,9,12,14,19H,2,5-8,10H2,(H2,18,20). The van der Waals surface area contributed by atoms with Gasteiger partial charge in [-0.05, 0) is 56.7 Å². The van der Waals surface area contributed by atoms with E-state index in [2.05, 4.69) is 11.4 Å². The molecule has 114 valence electrons. The highest BCUT2D eigenvalue weighted by Crippen LogP contribution is 2.40. The van der Waals surface area contributed by atoms with Crippen molar-refractivity contribution in [3.63, 3.8) is 0 Å². The highest BCUT2D eigenvalue weighted by Gasteiger charge is 2.44. The maximum atomic E-state index is 12.0. The maximum Gasteiger partial charge on any atom is 0.237 e. The van der Waals surface area contributed by atoms with Crippen molar-refractivity contribution >= 4 is 29.3 Å². The Morgan fingerprint density at radius 2 is 2.19 bits per heavy atom. The summed E-state index contributed by atoms with van der Waals surface area (Å²) in [6, 6.07) is 8.41. The molecule has 21 heavy (non-hydrogen) atoms. The SMILES string of the molecule is NC(=O)C1(NC2CC2)CCCC(Sc2cccc(Cl)c2)C1. The summed E-state index contributed by atoms with van der Waals surface area (Å²) in [5, 5.41) is 4.69. The molecule has 1 amide bonds. The fourth-order valence-electron chi connectivity index (χ4n) is 3.10. The minimum absolute atomic E-state index is 0.189.